The molecule has 0 aromatic heterocycles. The smallest absolute Gasteiger partial charge is 0.350 e. The molecule has 1 unspecified atom stereocenters. The number of fused-ring (bicyclic) bond motifs is 1. The largest absolute Gasteiger partial charge is 0.461 e. The first kappa shape index (κ1) is 17.0. The number of imide groups is 1. The lowest BCUT2D eigenvalue weighted by molar-refractivity contribution is -0.155. The summed E-state index contributed by atoms with van der Waals surface area (Å²) in [5.41, 5.74) is 2.31. The molecule has 7 nitrogen and oxygen atoms in total. The zero-order valence-corrected chi connectivity index (χ0v) is 14.3. The second kappa shape index (κ2) is 7.03. The number of amides is 2. The van der Waals surface area contributed by atoms with Crippen molar-refractivity contribution in [3.05, 3.63) is 71.3 Å². The maximum atomic E-state index is 12.3. The maximum absolute atomic E-state index is 12.3. The monoisotopic (exact) mass is 364 g/mol. The van der Waals surface area contributed by atoms with Gasteiger partial charge in [0.2, 0.25) is 6.10 Å². The topological polar surface area (TPSA) is 85.3 Å². The van der Waals surface area contributed by atoms with Gasteiger partial charge in [-0.2, -0.15) is 0 Å². The first-order chi connectivity index (χ1) is 13.1. The fourth-order valence-electron chi connectivity index (χ4n) is 3.08. The fraction of sp³-hybridized carbons (Fsp3) is 0.200. The van der Waals surface area contributed by atoms with Crippen molar-refractivity contribution in [1.29, 1.82) is 0 Å². The minimum atomic E-state index is -0.817. The van der Waals surface area contributed by atoms with Crippen molar-refractivity contribution in [3.8, 4) is 0 Å². The van der Waals surface area contributed by atoms with Gasteiger partial charge in [-0.15, -0.1) is 0 Å². The van der Waals surface area contributed by atoms with Crippen LogP contribution in [0.15, 0.2) is 59.8 Å². The van der Waals surface area contributed by atoms with Crippen LogP contribution in [0.3, 0.4) is 0 Å². The minimum absolute atomic E-state index is 0.00277. The molecule has 2 amide bonds. The van der Waals surface area contributed by atoms with E-state index < -0.39 is 12.1 Å². The summed E-state index contributed by atoms with van der Waals surface area (Å²) in [5, 5.41) is 3.94. The predicted octanol–water partition coefficient (Wildman–Crippen LogP) is 2.02. The van der Waals surface area contributed by atoms with Crippen LogP contribution in [0, 0.1) is 0 Å². The zero-order chi connectivity index (χ0) is 18.8. The average Bonchev–Trinajstić information content (AvgIpc) is 3.29. The molecule has 2 aromatic rings. The van der Waals surface area contributed by atoms with Crippen LogP contribution in [-0.2, 0) is 14.4 Å². The maximum Gasteiger partial charge on any atom is 0.350 e. The van der Waals surface area contributed by atoms with Crippen molar-refractivity contribution in [2.45, 2.75) is 12.5 Å². The molecular weight excluding hydrogens is 348 g/mol. The standard InChI is InChI=1S/C20H16N2O5/c23-18-14-8-4-5-9-15(14)19(24)22(18)10-11-26-20(25)17-12-16(21-27-17)13-6-2-1-3-7-13/h1-9,17H,10-12H2. The van der Waals surface area contributed by atoms with Gasteiger partial charge in [-0.25, -0.2) is 4.79 Å². The van der Waals surface area contributed by atoms with Gasteiger partial charge in [0.25, 0.3) is 11.8 Å². The van der Waals surface area contributed by atoms with Crippen molar-refractivity contribution in [1.82, 2.24) is 4.90 Å². The molecule has 4 rings (SSSR count). The lowest BCUT2D eigenvalue weighted by atomic mass is 10.1. The van der Waals surface area contributed by atoms with Gasteiger partial charge in [0.1, 0.15) is 6.61 Å². The predicted molar refractivity (Wildman–Crippen MR) is 95.2 cm³/mol. The van der Waals surface area contributed by atoms with E-state index in [0.717, 1.165) is 10.5 Å². The Kier molecular flexibility index (Phi) is 4.42. The number of carbonyl (C=O) groups is 3. The van der Waals surface area contributed by atoms with Crippen molar-refractivity contribution in [2.75, 3.05) is 13.2 Å². The van der Waals surface area contributed by atoms with E-state index in [4.69, 9.17) is 9.57 Å². The summed E-state index contributed by atoms with van der Waals surface area (Å²) in [6.45, 7) is -0.0952. The quantitative estimate of drug-likeness (QED) is 0.599. The molecule has 2 heterocycles. The van der Waals surface area contributed by atoms with E-state index in [2.05, 4.69) is 5.16 Å². The van der Waals surface area contributed by atoms with Crippen molar-refractivity contribution in [3.63, 3.8) is 0 Å². The first-order valence-electron chi connectivity index (χ1n) is 8.55. The Balaban J connectivity index is 1.29. The number of rotatable bonds is 5. The average molecular weight is 364 g/mol. The summed E-state index contributed by atoms with van der Waals surface area (Å²) >= 11 is 0. The zero-order valence-electron chi connectivity index (χ0n) is 14.3. The first-order valence-corrected chi connectivity index (χ1v) is 8.55. The molecule has 2 aliphatic heterocycles. The number of hydrogen-bond acceptors (Lipinski definition) is 6. The molecule has 27 heavy (non-hydrogen) atoms. The molecule has 1 atom stereocenters. The Morgan fingerprint density at radius 3 is 2.33 bits per heavy atom. The van der Waals surface area contributed by atoms with Crippen LogP contribution in [0.1, 0.15) is 32.7 Å². The van der Waals surface area contributed by atoms with Gasteiger partial charge in [-0.05, 0) is 17.7 Å². The van der Waals surface area contributed by atoms with Crippen molar-refractivity contribution in [2.24, 2.45) is 5.16 Å². The third-order valence-corrected chi connectivity index (χ3v) is 4.48. The van der Waals surface area contributed by atoms with E-state index in [1.165, 1.54) is 0 Å². The molecule has 7 heteroatoms. The molecular formula is C20H16N2O5. The van der Waals surface area contributed by atoms with Crippen LogP contribution < -0.4 is 0 Å². The molecule has 2 aromatic carbocycles. The van der Waals surface area contributed by atoms with Crippen LogP contribution in [0.5, 0.6) is 0 Å². The van der Waals surface area contributed by atoms with Gasteiger partial charge < -0.3 is 9.57 Å². The molecule has 0 saturated carbocycles. The second-order valence-electron chi connectivity index (χ2n) is 6.18. The Morgan fingerprint density at radius 1 is 1.04 bits per heavy atom. The highest BCUT2D eigenvalue weighted by Crippen LogP contribution is 2.22. The summed E-state index contributed by atoms with van der Waals surface area (Å²) in [5.74, 6) is -1.32. The molecule has 0 spiro atoms. The highest BCUT2D eigenvalue weighted by atomic mass is 16.7. The molecule has 0 aliphatic carbocycles. The van der Waals surface area contributed by atoms with E-state index in [0.29, 0.717) is 23.3 Å². The number of hydrogen-bond donors (Lipinski definition) is 0. The fourth-order valence-corrected chi connectivity index (χ4v) is 3.08. The lowest BCUT2D eigenvalue weighted by Crippen LogP contribution is -2.34. The lowest BCUT2D eigenvalue weighted by Gasteiger charge is -2.14. The van der Waals surface area contributed by atoms with Crippen LogP contribution in [0.4, 0.5) is 0 Å². The number of ether oxygens (including phenoxy) is 1. The van der Waals surface area contributed by atoms with Crippen LogP contribution in [0.2, 0.25) is 0 Å². The highest BCUT2D eigenvalue weighted by molar-refractivity contribution is 6.21. The van der Waals surface area contributed by atoms with Gasteiger partial charge in [-0.1, -0.05) is 47.6 Å². The van der Waals surface area contributed by atoms with E-state index in [1.807, 2.05) is 30.3 Å². The number of esters is 1. The summed E-state index contributed by atoms with van der Waals surface area (Å²) in [4.78, 5) is 42.9. The molecule has 0 N–H and O–H groups in total. The molecule has 0 fully saturated rings. The summed E-state index contributed by atoms with van der Waals surface area (Å²) in [6.07, 6.45) is -0.502. The van der Waals surface area contributed by atoms with Gasteiger partial charge >= 0.3 is 5.97 Å². The van der Waals surface area contributed by atoms with Crippen molar-refractivity contribution >= 4 is 23.5 Å². The molecule has 2 aliphatic rings. The normalized spacial score (nSPS) is 18.1. The molecule has 0 bridgehead atoms. The molecule has 0 saturated heterocycles. The third kappa shape index (κ3) is 3.19. The van der Waals surface area contributed by atoms with Gasteiger partial charge in [0.15, 0.2) is 0 Å². The van der Waals surface area contributed by atoms with Crippen molar-refractivity contribution < 1.29 is 24.0 Å². The Labute approximate surface area is 155 Å². The number of nitrogens with zero attached hydrogens (tertiary/aromatic N) is 2. The number of oxime groups is 1. The summed E-state index contributed by atoms with van der Waals surface area (Å²) < 4.78 is 5.18. The highest BCUT2D eigenvalue weighted by Gasteiger charge is 2.35. The SMILES string of the molecule is O=C(OCCN1C(=O)c2ccccc2C1=O)C1CC(c2ccccc2)=NO1. The summed E-state index contributed by atoms with van der Waals surface area (Å²) in [7, 11) is 0. The van der Waals surface area contributed by atoms with E-state index >= 15 is 0 Å². The van der Waals surface area contributed by atoms with E-state index in [1.54, 1.807) is 24.3 Å². The van der Waals surface area contributed by atoms with Gasteiger partial charge in [-0.3, -0.25) is 14.5 Å². The Morgan fingerprint density at radius 2 is 1.67 bits per heavy atom. The summed E-state index contributed by atoms with van der Waals surface area (Å²) in [6, 6.07) is 16.1. The third-order valence-electron chi connectivity index (χ3n) is 4.48. The van der Waals surface area contributed by atoms with Crippen LogP contribution >= 0.6 is 0 Å². The van der Waals surface area contributed by atoms with Crippen LogP contribution in [-0.4, -0.2) is 47.7 Å². The second-order valence-corrected chi connectivity index (χ2v) is 6.18. The van der Waals surface area contributed by atoms with E-state index in [-0.39, 0.29) is 25.0 Å². The number of carbonyl (C=O) groups excluding carboxylic acids is 3. The Hall–Kier alpha value is -3.48. The van der Waals surface area contributed by atoms with E-state index in [9.17, 15) is 14.4 Å². The van der Waals surface area contributed by atoms with Gasteiger partial charge in [0.05, 0.1) is 23.4 Å². The van der Waals surface area contributed by atoms with Crippen LogP contribution in [0.25, 0.3) is 0 Å². The van der Waals surface area contributed by atoms with Gasteiger partial charge in [0, 0.05) is 6.42 Å². The Bertz CT molecular complexity index is 903. The molecule has 136 valence electrons. The molecule has 0 radical (unpaired) electrons. The number of benzene rings is 2. The minimum Gasteiger partial charge on any atom is -0.461 e.